The van der Waals surface area contributed by atoms with Crippen molar-refractivity contribution in [2.75, 3.05) is 0 Å². The molecule has 0 amide bonds. The molecule has 0 unspecified atom stereocenters. The van der Waals surface area contributed by atoms with Gasteiger partial charge in [0.05, 0.1) is 10.8 Å². The summed E-state index contributed by atoms with van der Waals surface area (Å²) in [6.45, 7) is 4.28. The van der Waals surface area contributed by atoms with Crippen molar-refractivity contribution in [3.63, 3.8) is 0 Å². The molecule has 0 saturated heterocycles. The standard InChI is InChI=1S/C19H18BrN3O3S/c1-19(2)15(11-6-8-14(9-7-11)27(21,24)25)16(19)18-22-17(23-26-18)12-4-3-5-13(20)10-12/h3-10,15-16H,1-2H3,(H2,21,24,25)/t15-,16+/m1/s1. The van der Waals surface area contributed by atoms with Crippen molar-refractivity contribution in [2.45, 2.75) is 30.6 Å². The Morgan fingerprint density at radius 3 is 2.44 bits per heavy atom. The summed E-state index contributed by atoms with van der Waals surface area (Å²) < 4.78 is 29.4. The number of aromatic nitrogens is 2. The predicted octanol–water partition coefficient (Wildman–Crippen LogP) is 4.05. The average Bonchev–Trinajstić information content (AvgIpc) is 2.94. The Labute approximate surface area is 166 Å². The second kappa shape index (κ2) is 6.25. The fourth-order valence-electron chi connectivity index (χ4n) is 3.69. The molecule has 27 heavy (non-hydrogen) atoms. The number of nitrogens with zero attached hydrogens (tertiary/aromatic N) is 2. The third-order valence-electron chi connectivity index (χ3n) is 5.19. The second-order valence-electron chi connectivity index (χ2n) is 7.36. The molecule has 0 aliphatic heterocycles. The van der Waals surface area contributed by atoms with E-state index in [0.29, 0.717) is 11.7 Å². The molecular weight excluding hydrogens is 430 g/mol. The van der Waals surface area contributed by atoms with Crippen LogP contribution in [0.25, 0.3) is 11.4 Å². The molecule has 0 bridgehead atoms. The van der Waals surface area contributed by atoms with Crippen LogP contribution in [0.3, 0.4) is 0 Å². The van der Waals surface area contributed by atoms with Gasteiger partial charge in [0.15, 0.2) is 0 Å². The van der Waals surface area contributed by atoms with E-state index in [1.165, 1.54) is 12.1 Å². The summed E-state index contributed by atoms with van der Waals surface area (Å²) in [5.41, 5.74) is 1.84. The number of sulfonamides is 1. The van der Waals surface area contributed by atoms with E-state index in [-0.39, 0.29) is 22.1 Å². The molecule has 1 aliphatic carbocycles. The number of halogens is 1. The van der Waals surface area contributed by atoms with Gasteiger partial charge in [0, 0.05) is 16.0 Å². The number of nitrogens with two attached hydrogens (primary N) is 1. The third-order valence-corrected chi connectivity index (χ3v) is 6.61. The first-order valence-corrected chi connectivity index (χ1v) is 10.7. The van der Waals surface area contributed by atoms with Gasteiger partial charge in [-0.05, 0) is 35.2 Å². The van der Waals surface area contributed by atoms with Crippen LogP contribution in [0.15, 0.2) is 62.4 Å². The first-order valence-electron chi connectivity index (χ1n) is 8.40. The van der Waals surface area contributed by atoms with Crippen LogP contribution >= 0.6 is 15.9 Å². The number of hydrogen-bond acceptors (Lipinski definition) is 5. The summed E-state index contributed by atoms with van der Waals surface area (Å²) in [7, 11) is -3.69. The molecule has 1 heterocycles. The van der Waals surface area contributed by atoms with Gasteiger partial charge in [0.1, 0.15) is 0 Å². The van der Waals surface area contributed by atoms with Crippen molar-refractivity contribution in [2.24, 2.45) is 10.6 Å². The first-order chi connectivity index (χ1) is 12.7. The first kappa shape index (κ1) is 18.3. The number of hydrogen-bond donors (Lipinski definition) is 1. The highest BCUT2D eigenvalue weighted by Gasteiger charge is 2.62. The van der Waals surface area contributed by atoms with E-state index in [1.807, 2.05) is 24.3 Å². The van der Waals surface area contributed by atoms with Crippen LogP contribution in [0.5, 0.6) is 0 Å². The SMILES string of the molecule is CC1(C)[C@H](c2ccc(S(N)(=O)=O)cc2)[C@H]1c1nc(-c2cccc(Br)c2)no1. The van der Waals surface area contributed by atoms with E-state index in [9.17, 15) is 8.42 Å². The Kier molecular flexibility index (Phi) is 4.25. The Morgan fingerprint density at radius 2 is 1.81 bits per heavy atom. The summed E-state index contributed by atoms with van der Waals surface area (Å²) in [6, 6.07) is 14.4. The molecular formula is C19H18BrN3O3S. The normalized spacial score (nSPS) is 21.2. The monoisotopic (exact) mass is 447 g/mol. The lowest BCUT2D eigenvalue weighted by molar-refractivity contribution is 0.368. The zero-order valence-electron chi connectivity index (χ0n) is 14.8. The molecule has 140 valence electrons. The molecule has 4 rings (SSSR count). The van der Waals surface area contributed by atoms with Gasteiger partial charge in [-0.25, -0.2) is 13.6 Å². The number of rotatable bonds is 4. The van der Waals surface area contributed by atoms with Gasteiger partial charge in [-0.2, -0.15) is 4.98 Å². The summed E-state index contributed by atoms with van der Waals surface area (Å²) >= 11 is 3.45. The van der Waals surface area contributed by atoms with Gasteiger partial charge in [0.2, 0.25) is 21.7 Å². The van der Waals surface area contributed by atoms with Crippen molar-refractivity contribution in [3.8, 4) is 11.4 Å². The highest BCUT2D eigenvalue weighted by molar-refractivity contribution is 9.10. The van der Waals surface area contributed by atoms with Crippen LogP contribution in [0, 0.1) is 5.41 Å². The fourth-order valence-corrected chi connectivity index (χ4v) is 4.61. The lowest BCUT2D eigenvalue weighted by Gasteiger charge is -2.04. The molecule has 1 fully saturated rings. The van der Waals surface area contributed by atoms with Crippen molar-refractivity contribution in [3.05, 3.63) is 64.5 Å². The number of benzene rings is 2. The van der Waals surface area contributed by atoms with Crippen LogP contribution in [-0.4, -0.2) is 18.6 Å². The maximum atomic E-state index is 11.4. The minimum atomic E-state index is -3.69. The lowest BCUT2D eigenvalue weighted by Crippen LogP contribution is -2.11. The maximum Gasteiger partial charge on any atom is 0.238 e. The van der Waals surface area contributed by atoms with Gasteiger partial charge >= 0.3 is 0 Å². The minimum absolute atomic E-state index is 0.0653. The van der Waals surface area contributed by atoms with Gasteiger partial charge in [0.25, 0.3) is 0 Å². The largest absolute Gasteiger partial charge is 0.339 e. The Hall–Kier alpha value is -2.03. The summed E-state index contributed by atoms with van der Waals surface area (Å²) in [5, 5.41) is 9.30. The van der Waals surface area contributed by atoms with E-state index >= 15 is 0 Å². The van der Waals surface area contributed by atoms with Crippen LogP contribution in [0.4, 0.5) is 0 Å². The van der Waals surface area contributed by atoms with Gasteiger partial charge < -0.3 is 4.52 Å². The van der Waals surface area contributed by atoms with Gasteiger partial charge in [-0.3, -0.25) is 0 Å². The van der Waals surface area contributed by atoms with E-state index in [0.717, 1.165) is 15.6 Å². The molecule has 1 saturated carbocycles. The highest BCUT2D eigenvalue weighted by atomic mass is 79.9. The molecule has 1 aromatic heterocycles. The minimum Gasteiger partial charge on any atom is -0.339 e. The van der Waals surface area contributed by atoms with Crippen LogP contribution < -0.4 is 5.14 Å². The lowest BCUT2D eigenvalue weighted by atomic mass is 10.0. The molecule has 0 radical (unpaired) electrons. The van der Waals surface area contributed by atoms with E-state index in [4.69, 9.17) is 9.66 Å². The van der Waals surface area contributed by atoms with Crippen molar-refractivity contribution < 1.29 is 12.9 Å². The second-order valence-corrected chi connectivity index (χ2v) is 9.83. The predicted molar refractivity (Wildman–Crippen MR) is 105 cm³/mol. The van der Waals surface area contributed by atoms with Crippen LogP contribution in [0.1, 0.15) is 37.1 Å². The van der Waals surface area contributed by atoms with Gasteiger partial charge in [-0.1, -0.05) is 59.2 Å². The Bertz CT molecular complexity index is 1110. The Morgan fingerprint density at radius 1 is 1.11 bits per heavy atom. The summed E-state index contributed by atoms with van der Waals surface area (Å²) in [6.07, 6.45) is 0. The molecule has 0 spiro atoms. The van der Waals surface area contributed by atoms with Crippen molar-refractivity contribution >= 4 is 26.0 Å². The van der Waals surface area contributed by atoms with Crippen molar-refractivity contribution in [1.29, 1.82) is 0 Å². The molecule has 2 aromatic carbocycles. The molecule has 1 aliphatic rings. The zero-order valence-corrected chi connectivity index (χ0v) is 17.2. The number of primary sulfonamides is 1. The third kappa shape index (κ3) is 3.33. The average molecular weight is 448 g/mol. The van der Waals surface area contributed by atoms with E-state index < -0.39 is 10.0 Å². The van der Waals surface area contributed by atoms with E-state index in [1.54, 1.807) is 12.1 Å². The van der Waals surface area contributed by atoms with E-state index in [2.05, 4.69) is 39.9 Å². The maximum absolute atomic E-state index is 11.4. The molecule has 6 nitrogen and oxygen atoms in total. The summed E-state index contributed by atoms with van der Waals surface area (Å²) in [5.74, 6) is 1.39. The molecule has 2 N–H and O–H groups in total. The topological polar surface area (TPSA) is 99.1 Å². The molecule has 2 atom stereocenters. The van der Waals surface area contributed by atoms with Crippen molar-refractivity contribution in [1.82, 2.24) is 10.1 Å². The van der Waals surface area contributed by atoms with Gasteiger partial charge in [-0.15, -0.1) is 0 Å². The van der Waals surface area contributed by atoms with Crippen LogP contribution in [-0.2, 0) is 10.0 Å². The fraction of sp³-hybridized carbons (Fsp3) is 0.263. The molecule has 3 aromatic rings. The quantitative estimate of drug-likeness (QED) is 0.649. The zero-order chi connectivity index (χ0) is 19.4. The Balaban J connectivity index is 1.62. The van der Waals surface area contributed by atoms with Crippen LogP contribution in [0.2, 0.25) is 0 Å². The highest BCUT2D eigenvalue weighted by Crippen LogP contribution is 2.69. The molecule has 8 heteroatoms. The smallest absolute Gasteiger partial charge is 0.238 e. The summed E-state index contributed by atoms with van der Waals surface area (Å²) in [4.78, 5) is 4.70.